The Hall–Kier alpha value is -0.780. The van der Waals surface area contributed by atoms with Gasteiger partial charge in [0, 0.05) is 38.6 Å². The minimum Gasteiger partial charge on any atom is -0.356 e. The zero-order valence-electron chi connectivity index (χ0n) is 15.4. The van der Waals surface area contributed by atoms with E-state index in [1.165, 1.54) is 37.4 Å². The van der Waals surface area contributed by atoms with E-state index in [4.69, 9.17) is 11.6 Å². The number of likely N-dealkylation sites (tertiary alicyclic amines) is 1. The standard InChI is InChI=1S/C18H31ClN4S/c1-14(2)11-23-9-5-6-15(12-23)10-21-18(20-3)22(4)13-16-7-8-17(19)24-16/h7-8,14-15H,5-6,9-13H2,1-4H3,(H,20,21). The highest BCUT2D eigenvalue weighted by Crippen LogP contribution is 2.22. The predicted molar refractivity (Wildman–Crippen MR) is 106 cm³/mol. The third-order valence-electron chi connectivity index (χ3n) is 4.37. The van der Waals surface area contributed by atoms with E-state index in [0.717, 1.165) is 29.3 Å². The van der Waals surface area contributed by atoms with Crippen LogP contribution in [0.3, 0.4) is 0 Å². The number of thiophene rings is 1. The van der Waals surface area contributed by atoms with Gasteiger partial charge in [-0.15, -0.1) is 11.3 Å². The third-order valence-corrected chi connectivity index (χ3v) is 5.59. The van der Waals surface area contributed by atoms with Gasteiger partial charge in [0.15, 0.2) is 5.96 Å². The molecule has 1 atom stereocenters. The van der Waals surface area contributed by atoms with Crippen molar-refractivity contribution >= 4 is 28.9 Å². The molecule has 1 aliphatic heterocycles. The molecule has 0 radical (unpaired) electrons. The molecule has 1 saturated heterocycles. The van der Waals surface area contributed by atoms with Crippen molar-refractivity contribution in [1.82, 2.24) is 15.1 Å². The largest absolute Gasteiger partial charge is 0.356 e. The highest BCUT2D eigenvalue weighted by atomic mass is 35.5. The van der Waals surface area contributed by atoms with Crippen LogP contribution in [0.2, 0.25) is 4.34 Å². The highest BCUT2D eigenvalue weighted by molar-refractivity contribution is 7.16. The van der Waals surface area contributed by atoms with Crippen molar-refractivity contribution in [2.24, 2.45) is 16.8 Å². The average molecular weight is 371 g/mol. The van der Waals surface area contributed by atoms with Gasteiger partial charge in [-0.3, -0.25) is 4.99 Å². The molecular weight excluding hydrogens is 340 g/mol. The van der Waals surface area contributed by atoms with E-state index < -0.39 is 0 Å². The normalized spacial score (nSPS) is 19.8. The van der Waals surface area contributed by atoms with Gasteiger partial charge >= 0.3 is 0 Å². The lowest BCUT2D eigenvalue weighted by atomic mass is 9.97. The van der Waals surface area contributed by atoms with Crippen molar-refractivity contribution in [3.63, 3.8) is 0 Å². The first-order chi connectivity index (χ1) is 11.5. The maximum Gasteiger partial charge on any atom is 0.193 e. The molecule has 0 saturated carbocycles. The molecule has 1 aromatic heterocycles. The molecule has 1 N–H and O–H groups in total. The van der Waals surface area contributed by atoms with Crippen molar-refractivity contribution < 1.29 is 0 Å². The number of guanidine groups is 1. The van der Waals surface area contributed by atoms with E-state index in [2.05, 4.69) is 47.1 Å². The molecule has 136 valence electrons. The number of nitrogens with one attached hydrogen (secondary N) is 1. The van der Waals surface area contributed by atoms with Crippen molar-refractivity contribution in [2.45, 2.75) is 33.2 Å². The molecule has 1 aliphatic rings. The molecule has 1 fully saturated rings. The molecule has 1 unspecified atom stereocenters. The van der Waals surface area contributed by atoms with E-state index in [1.54, 1.807) is 11.3 Å². The minimum atomic E-state index is 0.707. The van der Waals surface area contributed by atoms with Crippen LogP contribution in [0.4, 0.5) is 0 Å². The van der Waals surface area contributed by atoms with Crippen LogP contribution in [-0.2, 0) is 6.54 Å². The maximum atomic E-state index is 6.02. The predicted octanol–water partition coefficient (Wildman–Crippen LogP) is 3.78. The van der Waals surface area contributed by atoms with E-state index >= 15 is 0 Å². The maximum absolute atomic E-state index is 6.02. The Morgan fingerprint density at radius 1 is 1.50 bits per heavy atom. The second-order valence-corrected chi connectivity index (χ2v) is 8.95. The fourth-order valence-electron chi connectivity index (χ4n) is 3.37. The van der Waals surface area contributed by atoms with Crippen LogP contribution < -0.4 is 5.32 Å². The molecule has 1 aromatic rings. The van der Waals surface area contributed by atoms with Crippen LogP contribution in [0.15, 0.2) is 17.1 Å². The number of nitrogens with zero attached hydrogens (tertiary/aromatic N) is 3. The third kappa shape index (κ3) is 6.26. The molecule has 2 rings (SSSR count). The molecule has 0 aromatic carbocycles. The van der Waals surface area contributed by atoms with Crippen LogP contribution in [0.1, 0.15) is 31.6 Å². The Bertz CT molecular complexity index is 529. The fraction of sp³-hybridized carbons (Fsp3) is 0.722. The molecular formula is C18H31ClN4S. The summed E-state index contributed by atoms with van der Waals surface area (Å²) >= 11 is 7.65. The monoisotopic (exact) mass is 370 g/mol. The van der Waals surface area contributed by atoms with Gasteiger partial charge in [-0.05, 0) is 43.4 Å². The van der Waals surface area contributed by atoms with Gasteiger partial charge in [0.05, 0.1) is 10.9 Å². The number of hydrogen-bond acceptors (Lipinski definition) is 3. The summed E-state index contributed by atoms with van der Waals surface area (Å²) in [5.74, 6) is 2.41. The van der Waals surface area contributed by atoms with E-state index in [0.29, 0.717) is 5.92 Å². The van der Waals surface area contributed by atoms with E-state index in [9.17, 15) is 0 Å². The Labute approximate surface area is 155 Å². The van der Waals surface area contributed by atoms with Crippen molar-refractivity contribution in [3.8, 4) is 0 Å². The quantitative estimate of drug-likeness (QED) is 0.610. The van der Waals surface area contributed by atoms with Crippen LogP contribution in [0.25, 0.3) is 0 Å². The summed E-state index contributed by atoms with van der Waals surface area (Å²) in [7, 11) is 3.93. The van der Waals surface area contributed by atoms with Crippen molar-refractivity contribution in [3.05, 3.63) is 21.3 Å². The first-order valence-corrected chi connectivity index (χ1v) is 10.1. The second-order valence-electron chi connectivity index (χ2n) is 7.15. The van der Waals surface area contributed by atoms with Crippen LogP contribution >= 0.6 is 22.9 Å². The zero-order chi connectivity index (χ0) is 17.5. The Morgan fingerprint density at radius 2 is 2.29 bits per heavy atom. The van der Waals surface area contributed by atoms with Gasteiger partial charge < -0.3 is 15.1 Å². The lowest BCUT2D eigenvalue weighted by Crippen LogP contribution is -2.45. The Balaban J connectivity index is 1.80. The van der Waals surface area contributed by atoms with Crippen LogP contribution in [-0.4, -0.2) is 56.0 Å². The summed E-state index contributed by atoms with van der Waals surface area (Å²) < 4.78 is 0.841. The molecule has 4 nitrogen and oxygen atoms in total. The SMILES string of the molecule is CN=C(NCC1CCCN(CC(C)C)C1)N(C)Cc1ccc(Cl)s1. The second kappa shape index (κ2) is 9.64. The molecule has 0 aliphatic carbocycles. The van der Waals surface area contributed by atoms with E-state index in [-0.39, 0.29) is 0 Å². The summed E-state index contributed by atoms with van der Waals surface area (Å²) in [5, 5.41) is 3.56. The van der Waals surface area contributed by atoms with Gasteiger partial charge in [0.2, 0.25) is 0 Å². The molecule has 0 bridgehead atoms. The van der Waals surface area contributed by atoms with Gasteiger partial charge in [0.25, 0.3) is 0 Å². The van der Waals surface area contributed by atoms with Gasteiger partial charge in [-0.2, -0.15) is 0 Å². The summed E-state index contributed by atoms with van der Waals surface area (Å²) in [5.41, 5.74) is 0. The Kier molecular flexibility index (Phi) is 7.85. The van der Waals surface area contributed by atoms with Crippen molar-refractivity contribution in [1.29, 1.82) is 0 Å². The lowest BCUT2D eigenvalue weighted by Gasteiger charge is -2.34. The molecule has 0 spiro atoms. The number of piperidine rings is 1. The van der Waals surface area contributed by atoms with Crippen LogP contribution in [0, 0.1) is 11.8 Å². The Morgan fingerprint density at radius 3 is 2.92 bits per heavy atom. The number of halogens is 1. The van der Waals surface area contributed by atoms with Crippen molar-refractivity contribution in [2.75, 3.05) is 40.3 Å². The van der Waals surface area contributed by atoms with Gasteiger partial charge in [0.1, 0.15) is 0 Å². The average Bonchev–Trinajstić information content (AvgIpc) is 2.92. The zero-order valence-corrected chi connectivity index (χ0v) is 17.0. The highest BCUT2D eigenvalue weighted by Gasteiger charge is 2.21. The van der Waals surface area contributed by atoms with Gasteiger partial charge in [-0.25, -0.2) is 0 Å². The van der Waals surface area contributed by atoms with Crippen LogP contribution in [0.5, 0.6) is 0 Å². The number of hydrogen-bond donors (Lipinski definition) is 1. The summed E-state index contributed by atoms with van der Waals surface area (Å²) in [6.45, 7) is 10.1. The summed E-state index contributed by atoms with van der Waals surface area (Å²) in [6, 6.07) is 4.04. The lowest BCUT2D eigenvalue weighted by molar-refractivity contribution is 0.159. The molecule has 24 heavy (non-hydrogen) atoms. The molecule has 2 heterocycles. The number of rotatable bonds is 6. The first-order valence-electron chi connectivity index (χ1n) is 8.86. The summed E-state index contributed by atoms with van der Waals surface area (Å²) in [4.78, 5) is 10.5. The fourth-order valence-corrected chi connectivity index (χ4v) is 4.51. The minimum absolute atomic E-state index is 0.707. The molecule has 6 heteroatoms. The molecule has 0 amide bonds. The smallest absolute Gasteiger partial charge is 0.193 e. The summed E-state index contributed by atoms with van der Waals surface area (Å²) in [6.07, 6.45) is 2.62. The number of aliphatic imine (C=N–C) groups is 1. The topological polar surface area (TPSA) is 30.9 Å². The first kappa shape index (κ1) is 19.5. The van der Waals surface area contributed by atoms with Gasteiger partial charge in [-0.1, -0.05) is 25.4 Å². The van der Waals surface area contributed by atoms with E-state index in [1.807, 2.05) is 13.1 Å².